The highest BCUT2D eigenvalue weighted by atomic mass is 16.1. The molecule has 1 aliphatic rings. The molecule has 26 heavy (non-hydrogen) atoms. The lowest BCUT2D eigenvalue weighted by molar-refractivity contribution is 0.0884. The average Bonchev–Trinajstić information content (AvgIpc) is 3.04. The Morgan fingerprint density at radius 2 is 2.00 bits per heavy atom. The summed E-state index contributed by atoms with van der Waals surface area (Å²) >= 11 is 0. The van der Waals surface area contributed by atoms with Gasteiger partial charge in [-0.2, -0.15) is 5.26 Å². The number of carbonyl (C=O) groups excluding carboxylic acids is 1. The molecule has 1 aromatic carbocycles. The topological polar surface area (TPSA) is 53.2 Å². The summed E-state index contributed by atoms with van der Waals surface area (Å²) in [5.41, 5.74) is 0.527. The summed E-state index contributed by atoms with van der Waals surface area (Å²) in [6.45, 7) is 8.15. The molecule has 2 rings (SSSR count). The summed E-state index contributed by atoms with van der Waals surface area (Å²) in [5, 5.41) is 8.93. The van der Waals surface area contributed by atoms with E-state index in [-0.39, 0.29) is 17.1 Å². The normalized spacial score (nSPS) is 19.8. The Balaban J connectivity index is 2.23. The number of hydrogen-bond donors (Lipinski definition) is 0. The molecule has 0 fully saturated rings. The Morgan fingerprint density at radius 3 is 2.54 bits per heavy atom. The molecule has 132 valence electrons. The van der Waals surface area contributed by atoms with Crippen LogP contribution in [0.2, 0.25) is 0 Å². The van der Waals surface area contributed by atoms with Crippen LogP contribution in [0.5, 0.6) is 0 Å². The highest BCUT2D eigenvalue weighted by Gasteiger charge is 2.37. The Morgan fingerprint density at radius 1 is 1.31 bits per heavy atom. The minimum Gasteiger partial charge on any atom is -0.294 e. The second kappa shape index (κ2) is 7.98. The van der Waals surface area contributed by atoms with E-state index in [1.165, 1.54) is 0 Å². The van der Waals surface area contributed by atoms with E-state index < -0.39 is 5.54 Å². The van der Waals surface area contributed by atoms with Crippen molar-refractivity contribution < 1.29 is 4.79 Å². The molecule has 2 atom stereocenters. The van der Waals surface area contributed by atoms with Crippen molar-refractivity contribution in [3.05, 3.63) is 59.7 Å². The molecule has 0 aromatic heterocycles. The highest BCUT2D eigenvalue weighted by Crippen LogP contribution is 2.32. The first-order valence-corrected chi connectivity index (χ1v) is 8.70. The lowest BCUT2D eigenvalue weighted by Crippen LogP contribution is -2.35. The second-order valence-corrected chi connectivity index (χ2v) is 7.63. The fraction of sp³-hybridized carbons (Fsp3) is 0.348. The Kier molecular flexibility index (Phi) is 5.96. The molecule has 0 saturated heterocycles. The smallest absolute Gasteiger partial charge is 0.169 e. The zero-order valence-electron chi connectivity index (χ0n) is 15.8. The number of hydrogen-bond acceptors (Lipinski definition) is 3. The van der Waals surface area contributed by atoms with Gasteiger partial charge in [-0.1, -0.05) is 36.1 Å². The summed E-state index contributed by atoms with van der Waals surface area (Å²) in [4.78, 5) is 17.6. The van der Waals surface area contributed by atoms with Gasteiger partial charge in [-0.05, 0) is 58.4 Å². The molecule has 0 spiro atoms. The zero-order chi connectivity index (χ0) is 19.2. The van der Waals surface area contributed by atoms with Gasteiger partial charge in [0.25, 0.3) is 0 Å². The van der Waals surface area contributed by atoms with Gasteiger partial charge >= 0.3 is 0 Å². The number of allylic oxidation sites excluding steroid dienone is 3. The summed E-state index contributed by atoms with van der Waals surface area (Å²) < 4.78 is 0. The molecule has 0 bridgehead atoms. The van der Waals surface area contributed by atoms with Gasteiger partial charge in [0, 0.05) is 17.2 Å². The molecule has 3 nitrogen and oxygen atoms in total. The number of aliphatic imine (C=N–C) groups is 1. The Labute approximate surface area is 156 Å². The zero-order valence-corrected chi connectivity index (χ0v) is 15.8. The van der Waals surface area contributed by atoms with Crippen molar-refractivity contribution in [2.45, 2.75) is 39.7 Å². The van der Waals surface area contributed by atoms with Gasteiger partial charge in [0.2, 0.25) is 0 Å². The molecule has 0 saturated carbocycles. The first kappa shape index (κ1) is 19.4. The van der Waals surface area contributed by atoms with Gasteiger partial charge in [-0.25, -0.2) is 0 Å². The van der Waals surface area contributed by atoms with Crippen molar-refractivity contribution >= 4 is 12.0 Å². The minimum atomic E-state index is -0.563. The van der Waals surface area contributed by atoms with E-state index in [0.29, 0.717) is 17.5 Å². The number of nitrogens with zero attached hydrogens (tertiary/aromatic N) is 2. The van der Waals surface area contributed by atoms with Gasteiger partial charge < -0.3 is 0 Å². The maximum absolute atomic E-state index is 13.1. The van der Waals surface area contributed by atoms with Crippen molar-refractivity contribution in [3.63, 3.8) is 0 Å². The van der Waals surface area contributed by atoms with Gasteiger partial charge in [-0.3, -0.25) is 9.79 Å². The van der Waals surface area contributed by atoms with Crippen LogP contribution in [-0.2, 0) is 0 Å². The van der Waals surface area contributed by atoms with Crippen LogP contribution in [0.3, 0.4) is 0 Å². The fourth-order valence-electron chi connectivity index (χ4n) is 2.73. The molecule has 0 N–H and O–H groups in total. The first-order valence-electron chi connectivity index (χ1n) is 8.70. The molecule has 0 radical (unpaired) electrons. The van der Waals surface area contributed by atoms with E-state index in [1.807, 2.05) is 31.2 Å². The van der Waals surface area contributed by atoms with Crippen LogP contribution in [0.15, 0.2) is 53.6 Å². The van der Waals surface area contributed by atoms with Crippen LogP contribution < -0.4 is 0 Å². The van der Waals surface area contributed by atoms with Crippen molar-refractivity contribution in [3.8, 4) is 17.9 Å². The monoisotopic (exact) mass is 344 g/mol. The van der Waals surface area contributed by atoms with Gasteiger partial charge in [0.1, 0.15) is 0 Å². The molecule has 1 aliphatic heterocycles. The van der Waals surface area contributed by atoms with Crippen molar-refractivity contribution in [1.29, 1.82) is 5.26 Å². The van der Waals surface area contributed by atoms with Crippen molar-refractivity contribution in [1.82, 2.24) is 0 Å². The minimum absolute atomic E-state index is 0.0223. The third-order valence-electron chi connectivity index (χ3n) is 4.21. The molecule has 3 heteroatoms. The van der Waals surface area contributed by atoms with E-state index >= 15 is 0 Å². The summed E-state index contributed by atoms with van der Waals surface area (Å²) in [6, 6.07) is 8.84. The third kappa shape index (κ3) is 5.04. The number of Topliss-reactive ketones (excluding diaryl/α,β-unsaturated/α-hetero) is 1. The number of ketones is 1. The maximum atomic E-state index is 13.1. The summed E-state index contributed by atoms with van der Waals surface area (Å²) in [5.74, 6) is 5.90. The summed E-state index contributed by atoms with van der Waals surface area (Å²) in [6.07, 6.45) is 9.89. The van der Waals surface area contributed by atoms with Crippen molar-refractivity contribution in [2.75, 3.05) is 0 Å². The molecule has 1 heterocycles. The van der Waals surface area contributed by atoms with Crippen LogP contribution in [-0.4, -0.2) is 17.5 Å². The Bertz CT molecular complexity index is 835. The number of carbonyl (C=O) groups is 1. The van der Waals surface area contributed by atoms with Crippen LogP contribution in [0.4, 0.5) is 0 Å². The predicted molar refractivity (Wildman–Crippen MR) is 106 cm³/mol. The lowest BCUT2D eigenvalue weighted by Gasteiger charge is -2.28. The molecule has 2 unspecified atom stereocenters. The predicted octanol–water partition coefficient (Wildman–Crippen LogP) is 4.75. The molecular weight excluding hydrogens is 320 g/mol. The molecule has 0 aliphatic carbocycles. The van der Waals surface area contributed by atoms with Crippen LogP contribution in [0.1, 0.15) is 50.0 Å². The van der Waals surface area contributed by atoms with Crippen LogP contribution in [0, 0.1) is 34.5 Å². The van der Waals surface area contributed by atoms with E-state index in [4.69, 9.17) is 5.26 Å². The number of nitriles is 1. The largest absolute Gasteiger partial charge is 0.294 e. The Hall–Kier alpha value is -2.91. The van der Waals surface area contributed by atoms with Gasteiger partial charge in [-0.15, -0.1) is 0 Å². The first-order chi connectivity index (χ1) is 12.2. The second-order valence-electron chi connectivity index (χ2n) is 7.63. The SMILES string of the molecule is CC(C)(C)C#CC=CCC(C(=O)c1ccc(C#N)cc1)C1(C)C=CC=N1. The van der Waals surface area contributed by atoms with Crippen LogP contribution >= 0.6 is 0 Å². The fourth-order valence-corrected chi connectivity index (χ4v) is 2.73. The van der Waals surface area contributed by atoms with Crippen LogP contribution in [0.25, 0.3) is 0 Å². The molecule has 0 amide bonds. The van der Waals surface area contributed by atoms with E-state index in [0.717, 1.165) is 0 Å². The van der Waals surface area contributed by atoms with Crippen molar-refractivity contribution in [2.24, 2.45) is 16.3 Å². The highest BCUT2D eigenvalue weighted by molar-refractivity contribution is 5.99. The quantitative estimate of drug-likeness (QED) is 0.571. The van der Waals surface area contributed by atoms with Gasteiger partial charge in [0.15, 0.2) is 5.78 Å². The van der Waals surface area contributed by atoms with E-state index in [1.54, 1.807) is 30.5 Å². The van der Waals surface area contributed by atoms with E-state index in [2.05, 4.69) is 43.7 Å². The maximum Gasteiger partial charge on any atom is 0.169 e. The third-order valence-corrected chi connectivity index (χ3v) is 4.21. The number of rotatable bonds is 5. The molecular formula is C23H24N2O. The standard InChI is InChI=1S/C23H24N2O/c1-22(2,3)14-7-5-6-9-20(23(4)15-8-16-25-23)21(26)19-12-10-18(17-24)11-13-19/h5-6,8,10-13,15-16,20H,9H2,1-4H3. The molecule has 1 aromatic rings. The number of benzene rings is 1. The average molecular weight is 344 g/mol. The van der Waals surface area contributed by atoms with E-state index in [9.17, 15) is 4.79 Å². The van der Waals surface area contributed by atoms with Gasteiger partial charge in [0.05, 0.1) is 23.1 Å². The summed E-state index contributed by atoms with van der Waals surface area (Å²) in [7, 11) is 0. The lowest BCUT2D eigenvalue weighted by atomic mass is 9.79.